The van der Waals surface area contributed by atoms with Crippen LogP contribution in [-0.4, -0.2) is 17.2 Å². The highest BCUT2D eigenvalue weighted by atomic mass is 32.1. The van der Waals surface area contributed by atoms with Crippen LogP contribution in [0.3, 0.4) is 0 Å². The highest BCUT2D eigenvalue weighted by Gasteiger charge is 2.06. The van der Waals surface area contributed by atoms with Crippen molar-refractivity contribution in [3.63, 3.8) is 0 Å². The van der Waals surface area contributed by atoms with E-state index >= 15 is 0 Å². The number of thiocarbonyl (C=S) groups is 1. The molecule has 110 valence electrons. The van der Waals surface area contributed by atoms with Crippen LogP contribution in [0.15, 0.2) is 60.8 Å². The summed E-state index contributed by atoms with van der Waals surface area (Å²) in [5.41, 5.74) is 2.57. The van der Waals surface area contributed by atoms with E-state index in [9.17, 15) is 0 Å². The Morgan fingerprint density at radius 1 is 0.955 bits per heavy atom. The quantitative estimate of drug-likeness (QED) is 0.715. The van der Waals surface area contributed by atoms with Gasteiger partial charge in [0.1, 0.15) is 5.75 Å². The Kier molecular flexibility index (Phi) is 4.16. The predicted octanol–water partition coefficient (Wildman–Crippen LogP) is 4.05. The molecule has 0 unspecified atom stereocenters. The molecular formula is C17H15N3OS. The monoisotopic (exact) mass is 309 g/mol. The molecule has 0 aliphatic rings. The van der Waals surface area contributed by atoms with Crippen molar-refractivity contribution in [2.45, 2.75) is 0 Å². The molecule has 4 nitrogen and oxygen atoms in total. The summed E-state index contributed by atoms with van der Waals surface area (Å²) in [4.78, 5) is 4.40. The lowest BCUT2D eigenvalue weighted by Crippen LogP contribution is -2.19. The van der Waals surface area contributed by atoms with Crippen molar-refractivity contribution in [2.75, 3.05) is 17.7 Å². The number of nitrogens with one attached hydrogen (secondary N) is 2. The molecule has 0 spiro atoms. The molecule has 22 heavy (non-hydrogen) atoms. The highest BCUT2D eigenvalue weighted by molar-refractivity contribution is 7.80. The first-order chi connectivity index (χ1) is 10.8. The Labute approximate surface area is 134 Å². The van der Waals surface area contributed by atoms with Gasteiger partial charge in [0.15, 0.2) is 5.11 Å². The highest BCUT2D eigenvalue weighted by Crippen LogP contribution is 2.24. The van der Waals surface area contributed by atoms with Crippen molar-refractivity contribution in [2.24, 2.45) is 0 Å². The number of rotatable bonds is 3. The molecule has 1 aromatic heterocycles. The van der Waals surface area contributed by atoms with Gasteiger partial charge < -0.3 is 15.4 Å². The summed E-state index contributed by atoms with van der Waals surface area (Å²) >= 11 is 5.38. The molecule has 0 bridgehead atoms. The minimum Gasteiger partial charge on any atom is -0.495 e. The summed E-state index contributed by atoms with van der Waals surface area (Å²) in [6.45, 7) is 0. The van der Waals surface area contributed by atoms with Crippen LogP contribution in [0, 0.1) is 0 Å². The Morgan fingerprint density at radius 3 is 2.55 bits per heavy atom. The van der Waals surface area contributed by atoms with E-state index in [0.29, 0.717) is 5.11 Å². The van der Waals surface area contributed by atoms with Gasteiger partial charge in [-0.2, -0.15) is 0 Å². The van der Waals surface area contributed by atoms with E-state index < -0.39 is 0 Å². The van der Waals surface area contributed by atoms with Crippen LogP contribution in [-0.2, 0) is 0 Å². The Hall–Kier alpha value is -2.66. The number of pyridine rings is 1. The molecule has 0 saturated carbocycles. The van der Waals surface area contributed by atoms with E-state index in [1.165, 1.54) is 0 Å². The number of ether oxygens (including phenoxy) is 1. The number of nitrogens with zero attached hydrogens (tertiary/aromatic N) is 1. The second-order valence-electron chi connectivity index (χ2n) is 4.66. The molecule has 0 aliphatic heterocycles. The molecule has 0 saturated heterocycles. The second kappa shape index (κ2) is 6.41. The second-order valence-corrected chi connectivity index (χ2v) is 5.07. The topological polar surface area (TPSA) is 46.2 Å². The third-order valence-electron chi connectivity index (χ3n) is 3.24. The number of para-hydroxylation sites is 3. The molecule has 0 aliphatic carbocycles. The van der Waals surface area contributed by atoms with Gasteiger partial charge in [-0.15, -0.1) is 0 Å². The van der Waals surface area contributed by atoms with Crippen LogP contribution in [0.2, 0.25) is 0 Å². The molecular weight excluding hydrogens is 294 g/mol. The van der Waals surface area contributed by atoms with Crippen LogP contribution in [0.4, 0.5) is 11.4 Å². The van der Waals surface area contributed by atoms with Gasteiger partial charge in [-0.1, -0.05) is 30.3 Å². The van der Waals surface area contributed by atoms with Crippen LogP contribution in [0.1, 0.15) is 0 Å². The number of benzene rings is 2. The standard InChI is InChI=1S/C17H15N3OS/c1-21-15-10-3-2-8-13(15)19-17(22)20-14-9-4-6-12-7-5-11-18-16(12)14/h2-11H,1H3,(H2,19,20,22). The van der Waals surface area contributed by atoms with Crippen molar-refractivity contribution in [3.8, 4) is 5.75 Å². The Morgan fingerprint density at radius 2 is 1.68 bits per heavy atom. The zero-order valence-electron chi connectivity index (χ0n) is 12.0. The third kappa shape index (κ3) is 2.99. The SMILES string of the molecule is COc1ccccc1NC(=S)Nc1cccc2cccnc12. The first-order valence-electron chi connectivity index (χ1n) is 6.83. The summed E-state index contributed by atoms with van der Waals surface area (Å²) in [5, 5.41) is 7.88. The molecule has 0 radical (unpaired) electrons. The normalized spacial score (nSPS) is 10.2. The fourth-order valence-electron chi connectivity index (χ4n) is 2.23. The van der Waals surface area contributed by atoms with E-state index in [0.717, 1.165) is 28.0 Å². The smallest absolute Gasteiger partial charge is 0.175 e. The lowest BCUT2D eigenvalue weighted by atomic mass is 10.2. The molecule has 3 aromatic rings. The van der Waals surface area contributed by atoms with Crippen LogP contribution < -0.4 is 15.4 Å². The third-order valence-corrected chi connectivity index (χ3v) is 3.44. The lowest BCUT2D eigenvalue weighted by Gasteiger charge is -2.14. The summed E-state index contributed by atoms with van der Waals surface area (Å²) in [6, 6.07) is 17.5. The maximum atomic E-state index is 5.38. The minimum atomic E-state index is 0.489. The van der Waals surface area contributed by atoms with Gasteiger partial charge in [0, 0.05) is 11.6 Å². The van der Waals surface area contributed by atoms with Crippen molar-refractivity contribution in [3.05, 3.63) is 60.8 Å². The maximum Gasteiger partial charge on any atom is 0.175 e. The number of aromatic nitrogens is 1. The van der Waals surface area contributed by atoms with Gasteiger partial charge in [-0.3, -0.25) is 4.98 Å². The molecule has 3 rings (SSSR count). The van der Waals surface area contributed by atoms with E-state index in [4.69, 9.17) is 17.0 Å². The maximum absolute atomic E-state index is 5.38. The van der Waals surface area contributed by atoms with Crippen molar-refractivity contribution >= 4 is 39.6 Å². The first kappa shape index (κ1) is 14.3. The molecule has 1 heterocycles. The van der Waals surface area contributed by atoms with Gasteiger partial charge in [0.25, 0.3) is 0 Å². The zero-order valence-corrected chi connectivity index (χ0v) is 12.9. The van der Waals surface area contributed by atoms with Crippen LogP contribution >= 0.6 is 12.2 Å². The Balaban J connectivity index is 1.82. The summed E-state index contributed by atoms with van der Waals surface area (Å²) in [7, 11) is 1.63. The molecule has 5 heteroatoms. The van der Waals surface area contributed by atoms with Crippen molar-refractivity contribution in [1.29, 1.82) is 0 Å². The van der Waals surface area contributed by atoms with Gasteiger partial charge in [-0.25, -0.2) is 0 Å². The van der Waals surface area contributed by atoms with Gasteiger partial charge in [0.2, 0.25) is 0 Å². The molecule has 0 fully saturated rings. The van der Waals surface area contributed by atoms with Crippen molar-refractivity contribution < 1.29 is 4.74 Å². The van der Waals surface area contributed by atoms with Crippen LogP contribution in [0.25, 0.3) is 10.9 Å². The largest absolute Gasteiger partial charge is 0.495 e. The molecule has 2 N–H and O–H groups in total. The lowest BCUT2D eigenvalue weighted by molar-refractivity contribution is 0.417. The fourth-order valence-corrected chi connectivity index (χ4v) is 2.45. The van der Waals surface area contributed by atoms with Gasteiger partial charge >= 0.3 is 0 Å². The molecule has 0 amide bonds. The van der Waals surface area contributed by atoms with E-state index in [1.54, 1.807) is 13.3 Å². The van der Waals surface area contributed by atoms with Crippen molar-refractivity contribution in [1.82, 2.24) is 4.98 Å². The molecule has 0 atom stereocenters. The zero-order chi connectivity index (χ0) is 15.4. The summed E-state index contributed by atoms with van der Waals surface area (Å²) < 4.78 is 5.30. The van der Waals surface area contributed by atoms with Crippen LogP contribution in [0.5, 0.6) is 5.75 Å². The number of fused-ring (bicyclic) bond motifs is 1. The Bertz CT molecular complexity index is 814. The number of methoxy groups -OCH3 is 1. The molecule has 2 aromatic carbocycles. The average Bonchev–Trinajstić information content (AvgIpc) is 2.55. The average molecular weight is 309 g/mol. The van der Waals surface area contributed by atoms with E-state index in [1.807, 2.05) is 54.6 Å². The number of anilines is 2. The fraction of sp³-hybridized carbons (Fsp3) is 0.0588. The van der Waals surface area contributed by atoms with E-state index in [2.05, 4.69) is 15.6 Å². The number of hydrogen-bond donors (Lipinski definition) is 2. The number of hydrogen-bond acceptors (Lipinski definition) is 3. The summed E-state index contributed by atoms with van der Waals surface area (Å²) in [6.07, 6.45) is 1.77. The van der Waals surface area contributed by atoms with Gasteiger partial charge in [-0.05, 0) is 36.5 Å². The minimum absolute atomic E-state index is 0.489. The van der Waals surface area contributed by atoms with E-state index in [-0.39, 0.29) is 0 Å². The summed E-state index contributed by atoms with van der Waals surface area (Å²) in [5.74, 6) is 0.739. The van der Waals surface area contributed by atoms with Gasteiger partial charge in [0.05, 0.1) is 24.0 Å². The predicted molar refractivity (Wildman–Crippen MR) is 94.6 cm³/mol. The first-order valence-corrected chi connectivity index (χ1v) is 7.23.